The number of aliphatic hydroxyl groups is 3. The zero-order chi connectivity index (χ0) is 59.0. The maximum atomic E-state index is 13.1. The molecule has 0 aliphatic carbocycles. The van der Waals surface area contributed by atoms with Crippen LogP contribution >= 0.6 is 0 Å². The molecule has 470 valence electrons. The van der Waals surface area contributed by atoms with Gasteiger partial charge < -0.3 is 112 Å². The lowest BCUT2D eigenvalue weighted by atomic mass is 9.86. The summed E-state index contributed by atoms with van der Waals surface area (Å²) in [6.45, 7) is 17.9. The van der Waals surface area contributed by atoms with Crippen LogP contribution in [0.5, 0.6) is 5.75 Å². The summed E-state index contributed by atoms with van der Waals surface area (Å²) in [5.41, 5.74) is 0.984. The first kappa shape index (κ1) is 73.3. The van der Waals surface area contributed by atoms with E-state index < -0.39 is 30.7 Å². The molecular weight excluding hydrogens is 1070 g/mol. The van der Waals surface area contributed by atoms with Crippen molar-refractivity contribution in [3.05, 3.63) is 29.3 Å². The van der Waals surface area contributed by atoms with Crippen LogP contribution in [0.2, 0.25) is 0 Å². The normalized spacial score (nSPS) is 17.3. The Labute approximate surface area is 477 Å². The summed E-state index contributed by atoms with van der Waals surface area (Å²) in [6, 6.07) is 5.24. The van der Waals surface area contributed by atoms with Gasteiger partial charge in [0, 0.05) is 31.6 Å². The van der Waals surface area contributed by atoms with Gasteiger partial charge in [-0.15, -0.1) is 0 Å². The van der Waals surface area contributed by atoms with Crippen molar-refractivity contribution in [2.24, 2.45) is 0 Å². The number of amides is 3. The van der Waals surface area contributed by atoms with E-state index in [0.29, 0.717) is 163 Å². The first-order chi connectivity index (χ1) is 39.2. The Bertz CT molecular complexity index is 1750. The largest absolute Gasteiger partial charge is 0.484 e. The van der Waals surface area contributed by atoms with Gasteiger partial charge in [-0.1, -0.05) is 20.8 Å². The van der Waals surface area contributed by atoms with Crippen LogP contribution in [0.3, 0.4) is 0 Å². The Morgan fingerprint density at radius 1 is 0.469 bits per heavy atom. The van der Waals surface area contributed by atoms with Crippen LogP contribution in [0.1, 0.15) is 56.5 Å². The maximum Gasteiger partial charge on any atom is 0.307 e. The third kappa shape index (κ3) is 39.4. The van der Waals surface area contributed by atoms with E-state index in [0.717, 1.165) is 5.56 Å². The van der Waals surface area contributed by atoms with Gasteiger partial charge in [-0.05, 0) is 36.1 Å². The molecule has 27 heteroatoms. The van der Waals surface area contributed by atoms with Gasteiger partial charge in [0.25, 0.3) is 11.8 Å². The molecule has 81 heavy (non-hydrogen) atoms. The number of esters is 1. The summed E-state index contributed by atoms with van der Waals surface area (Å²) in [5.74, 6) is -0.731. The number of aliphatic hydroxyl groups excluding tert-OH is 3. The quantitative estimate of drug-likeness (QED) is 0.0348. The van der Waals surface area contributed by atoms with E-state index in [4.69, 9.17) is 75.8 Å². The predicted octanol–water partition coefficient (Wildman–Crippen LogP) is -0.662. The number of hydrogen-bond donors (Lipinski definition) is 6. The highest BCUT2D eigenvalue weighted by Gasteiger charge is 2.42. The summed E-state index contributed by atoms with van der Waals surface area (Å²) < 4.78 is 92.2. The first-order valence-corrected chi connectivity index (χ1v) is 27.7. The molecule has 1 aliphatic rings. The molecule has 3 amide bonds. The molecule has 0 radical (unpaired) electrons. The van der Waals surface area contributed by atoms with Gasteiger partial charge >= 0.3 is 5.97 Å². The van der Waals surface area contributed by atoms with Crippen LogP contribution in [0, 0.1) is 0 Å². The minimum absolute atomic E-state index is 0.0885. The standard InChI is InChI=1S/C54H95N3O24/c1-42-49(61)50(62)51(63)53(81-42)79-37-36-70-13-8-55-46(58)6-11-66-16-20-71-24-26-73-22-18-68-14-9-56-47(59)41-80-45-39-43(38-44(40-45)54(2,3)4)52(64)57-10-15-69-19-23-74-27-29-76-31-33-78-35-34-77-32-30-75-28-25-72-21-17-67-12-7-48(60)65-5/h38-40,42,49-51,53,61-63H,6-37,41H2,1-5H3,(H,55,58)(H,56,59)(H,57,64)/t42-,49-,50+,51+,53+/m0/s1. The molecular formula is C54H95N3O24. The smallest absolute Gasteiger partial charge is 0.307 e. The van der Waals surface area contributed by atoms with E-state index in [-0.39, 0.29) is 94.7 Å². The van der Waals surface area contributed by atoms with Crippen molar-refractivity contribution < 1.29 is 115 Å². The molecule has 0 saturated carbocycles. The first-order valence-electron chi connectivity index (χ1n) is 27.7. The highest BCUT2D eigenvalue weighted by atomic mass is 16.7. The van der Waals surface area contributed by atoms with Gasteiger partial charge in [-0.3, -0.25) is 19.2 Å². The van der Waals surface area contributed by atoms with Gasteiger partial charge in [-0.25, -0.2) is 0 Å². The fourth-order valence-corrected chi connectivity index (χ4v) is 6.70. The van der Waals surface area contributed by atoms with Crippen molar-refractivity contribution in [1.29, 1.82) is 0 Å². The minimum Gasteiger partial charge on any atom is -0.484 e. The summed E-state index contributed by atoms with van der Waals surface area (Å²) in [7, 11) is 1.34. The van der Waals surface area contributed by atoms with Gasteiger partial charge in [0.1, 0.15) is 24.1 Å². The molecule has 2 rings (SSSR count). The van der Waals surface area contributed by atoms with E-state index in [1.165, 1.54) is 7.11 Å². The van der Waals surface area contributed by atoms with E-state index in [2.05, 4.69) is 20.7 Å². The summed E-state index contributed by atoms with van der Waals surface area (Å²) in [4.78, 5) is 48.6. The topological polar surface area (TPSA) is 322 Å². The molecule has 1 aliphatic heterocycles. The average Bonchev–Trinajstić information content (AvgIpc) is 3.48. The second-order valence-electron chi connectivity index (χ2n) is 18.8. The van der Waals surface area contributed by atoms with Crippen LogP contribution in [0.4, 0.5) is 0 Å². The van der Waals surface area contributed by atoms with Crippen molar-refractivity contribution in [1.82, 2.24) is 16.0 Å². The molecule has 5 atom stereocenters. The van der Waals surface area contributed by atoms with Crippen LogP contribution in [0.15, 0.2) is 18.2 Å². The average molecular weight is 1170 g/mol. The van der Waals surface area contributed by atoms with Crippen LogP contribution in [-0.2, 0) is 95.6 Å². The number of hydrogen-bond acceptors (Lipinski definition) is 24. The predicted molar refractivity (Wildman–Crippen MR) is 289 cm³/mol. The summed E-state index contributed by atoms with van der Waals surface area (Å²) in [5, 5.41) is 37.9. The molecule has 6 N–H and O–H groups in total. The molecule has 0 bridgehead atoms. The minimum atomic E-state index is -1.38. The molecule has 1 saturated heterocycles. The molecule has 0 aromatic heterocycles. The van der Waals surface area contributed by atoms with E-state index in [1.54, 1.807) is 13.0 Å². The Morgan fingerprint density at radius 3 is 1.28 bits per heavy atom. The third-order valence-electron chi connectivity index (χ3n) is 11.3. The zero-order valence-electron chi connectivity index (χ0n) is 48.4. The monoisotopic (exact) mass is 1170 g/mol. The van der Waals surface area contributed by atoms with E-state index in [1.807, 2.05) is 32.9 Å². The van der Waals surface area contributed by atoms with Gasteiger partial charge in [-0.2, -0.15) is 0 Å². The Morgan fingerprint density at radius 2 is 0.852 bits per heavy atom. The second-order valence-corrected chi connectivity index (χ2v) is 18.8. The van der Waals surface area contributed by atoms with Crippen LogP contribution in [0.25, 0.3) is 0 Å². The Kier molecular flexibility index (Phi) is 43.9. The highest BCUT2D eigenvalue weighted by Crippen LogP contribution is 2.28. The lowest BCUT2D eigenvalue weighted by molar-refractivity contribution is -0.294. The number of nitrogens with one attached hydrogen (secondary N) is 3. The number of rotatable bonds is 53. The Hall–Kier alpha value is -3.82. The maximum absolute atomic E-state index is 13.1. The number of carbonyl (C=O) groups excluding carboxylic acids is 4. The molecule has 1 heterocycles. The summed E-state index contributed by atoms with van der Waals surface area (Å²) >= 11 is 0. The van der Waals surface area contributed by atoms with Gasteiger partial charge in [0.15, 0.2) is 12.9 Å². The van der Waals surface area contributed by atoms with E-state index >= 15 is 0 Å². The Balaban J connectivity index is 1.36. The summed E-state index contributed by atoms with van der Waals surface area (Å²) in [6.07, 6.45) is -5.30. The molecule has 1 aromatic carbocycles. The van der Waals surface area contributed by atoms with E-state index in [9.17, 15) is 34.5 Å². The molecule has 1 fully saturated rings. The fourth-order valence-electron chi connectivity index (χ4n) is 6.70. The lowest BCUT2D eigenvalue weighted by Crippen LogP contribution is -2.57. The van der Waals surface area contributed by atoms with Gasteiger partial charge in [0.05, 0.1) is 198 Å². The SMILES string of the molecule is COC(=O)CCOCCOCCOCCOCCOCCOCCOCCOCCNC(=O)c1cc(OCC(=O)NCCOCCOCCOCCOCCC(=O)NCCOCCO[C@@H]2O[C@@H](C)[C@H](O)[C@@H](O)[C@H]2O)cc(C(C)(C)C)c1. The molecule has 27 nitrogen and oxygen atoms in total. The number of methoxy groups -OCH3 is 1. The number of benzene rings is 1. The van der Waals surface area contributed by atoms with Crippen LogP contribution < -0.4 is 20.7 Å². The molecule has 0 unspecified atom stereocenters. The van der Waals surface area contributed by atoms with Crippen molar-refractivity contribution >= 4 is 23.7 Å². The van der Waals surface area contributed by atoms with Crippen molar-refractivity contribution in [3.63, 3.8) is 0 Å². The van der Waals surface area contributed by atoms with Gasteiger partial charge in [0.2, 0.25) is 5.91 Å². The van der Waals surface area contributed by atoms with Crippen molar-refractivity contribution in [2.75, 3.05) is 212 Å². The van der Waals surface area contributed by atoms with Crippen molar-refractivity contribution in [3.8, 4) is 5.75 Å². The highest BCUT2D eigenvalue weighted by molar-refractivity contribution is 5.95. The van der Waals surface area contributed by atoms with Crippen LogP contribution in [-0.4, -0.2) is 281 Å². The van der Waals surface area contributed by atoms with Crippen molar-refractivity contribution in [2.45, 2.75) is 76.7 Å². The second kappa shape index (κ2) is 48.5. The zero-order valence-corrected chi connectivity index (χ0v) is 48.4. The molecule has 1 aromatic rings. The number of carbonyl (C=O) groups is 4. The third-order valence-corrected chi connectivity index (χ3v) is 11.3. The molecule has 0 spiro atoms. The number of ether oxygens (including phenoxy) is 17. The fraction of sp³-hybridized carbons (Fsp3) is 0.815. The lowest BCUT2D eigenvalue weighted by Gasteiger charge is -2.38.